The fraction of sp³-hybridized carbons (Fsp3) is 0.684. The van der Waals surface area contributed by atoms with Gasteiger partial charge in [-0.2, -0.15) is 0 Å². The summed E-state index contributed by atoms with van der Waals surface area (Å²) in [6.45, 7) is 9.08. The first-order valence-corrected chi connectivity index (χ1v) is 8.12. The first kappa shape index (κ1) is 15.6. The summed E-state index contributed by atoms with van der Waals surface area (Å²) >= 11 is 0. The second-order valence-electron chi connectivity index (χ2n) is 7.92. The molecule has 0 bridgehead atoms. The summed E-state index contributed by atoms with van der Waals surface area (Å²) in [6.07, 6.45) is 6.45. The van der Waals surface area contributed by atoms with Crippen LogP contribution in [0, 0.1) is 11.3 Å². The number of fused-ring (bicyclic) bond motifs is 1. The highest BCUT2D eigenvalue weighted by Gasteiger charge is 2.19. The normalized spacial score (nSPS) is 17.9. The predicted molar refractivity (Wildman–Crippen MR) is 86.0 cm³/mol. The summed E-state index contributed by atoms with van der Waals surface area (Å²) in [7, 11) is 0. The zero-order valence-electron chi connectivity index (χ0n) is 13.6. The largest absolute Gasteiger partial charge is 0.393 e. The molecule has 0 aromatic heterocycles. The van der Waals surface area contributed by atoms with Gasteiger partial charge in [0.05, 0.1) is 6.10 Å². The van der Waals surface area contributed by atoms with Crippen molar-refractivity contribution in [2.75, 3.05) is 0 Å². The van der Waals surface area contributed by atoms with Crippen molar-refractivity contribution in [1.82, 2.24) is 0 Å². The van der Waals surface area contributed by atoms with Crippen LogP contribution >= 0.6 is 0 Å². The quantitative estimate of drug-likeness (QED) is 0.835. The Morgan fingerprint density at radius 1 is 1.15 bits per heavy atom. The summed E-state index contributed by atoms with van der Waals surface area (Å²) in [4.78, 5) is 0. The summed E-state index contributed by atoms with van der Waals surface area (Å²) in [5.74, 6) is 0.583. The lowest BCUT2D eigenvalue weighted by atomic mass is 9.82. The van der Waals surface area contributed by atoms with Gasteiger partial charge in [0, 0.05) is 0 Å². The molecule has 0 saturated heterocycles. The fourth-order valence-electron chi connectivity index (χ4n) is 3.70. The molecular formula is C19H30O. The van der Waals surface area contributed by atoms with Gasteiger partial charge in [0.15, 0.2) is 0 Å². The molecule has 0 fully saturated rings. The summed E-state index contributed by atoms with van der Waals surface area (Å²) in [5.41, 5.74) is 4.69. The van der Waals surface area contributed by atoms with Crippen molar-refractivity contribution in [1.29, 1.82) is 0 Å². The maximum atomic E-state index is 10.3. The Morgan fingerprint density at radius 3 is 2.55 bits per heavy atom. The second-order valence-corrected chi connectivity index (χ2v) is 7.92. The lowest BCUT2D eigenvalue weighted by molar-refractivity contribution is 0.133. The van der Waals surface area contributed by atoms with E-state index in [1.165, 1.54) is 42.4 Å². The number of hydrogen-bond acceptors (Lipinski definition) is 1. The zero-order chi connectivity index (χ0) is 14.8. The van der Waals surface area contributed by atoms with Gasteiger partial charge in [-0.25, -0.2) is 0 Å². The van der Waals surface area contributed by atoms with Gasteiger partial charge in [0.2, 0.25) is 0 Å². The fourth-order valence-corrected chi connectivity index (χ4v) is 3.70. The first-order chi connectivity index (χ1) is 9.33. The van der Waals surface area contributed by atoms with Crippen LogP contribution in [0.1, 0.15) is 63.6 Å². The lowest BCUT2D eigenvalue weighted by Gasteiger charge is -2.25. The average Bonchev–Trinajstić information content (AvgIpc) is 2.72. The SMILES string of the molecule is CC(CC(O)Cc1ccc2c(c1)CCC2)CC(C)(C)C. The van der Waals surface area contributed by atoms with Gasteiger partial charge < -0.3 is 5.11 Å². The van der Waals surface area contributed by atoms with E-state index in [1.807, 2.05) is 0 Å². The first-order valence-electron chi connectivity index (χ1n) is 8.12. The molecule has 0 heterocycles. The van der Waals surface area contributed by atoms with Gasteiger partial charge in [-0.05, 0) is 66.5 Å². The summed E-state index contributed by atoms with van der Waals surface area (Å²) in [5, 5.41) is 10.3. The Labute approximate surface area is 124 Å². The molecule has 2 atom stereocenters. The van der Waals surface area contributed by atoms with Gasteiger partial charge in [0.25, 0.3) is 0 Å². The number of hydrogen-bond donors (Lipinski definition) is 1. The molecule has 1 nitrogen and oxygen atoms in total. The Balaban J connectivity index is 1.86. The Hall–Kier alpha value is -0.820. The number of aryl methyl sites for hydroxylation is 2. The smallest absolute Gasteiger partial charge is 0.0583 e. The van der Waals surface area contributed by atoms with Crippen molar-refractivity contribution < 1.29 is 5.11 Å². The molecule has 0 radical (unpaired) electrons. The monoisotopic (exact) mass is 274 g/mol. The molecule has 0 saturated carbocycles. The van der Waals surface area contributed by atoms with Crippen LogP contribution in [0.15, 0.2) is 18.2 Å². The molecule has 1 aromatic rings. The van der Waals surface area contributed by atoms with Crippen molar-refractivity contribution in [3.63, 3.8) is 0 Å². The molecule has 1 aliphatic rings. The minimum Gasteiger partial charge on any atom is -0.393 e. The third kappa shape index (κ3) is 4.63. The van der Waals surface area contributed by atoms with Crippen molar-refractivity contribution >= 4 is 0 Å². The van der Waals surface area contributed by atoms with Crippen LogP contribution in [0.3, 0.4) is 0 Å². The van der Waals surface area contributed by atoms with E-state index < -0.39 is 0 Å². The van der Waals surface area contributed by atoms with Gasteiger partial charge >= 0.3 is 0 Å². The van der Waals surface area contributed by atoms with Crippen LogP contribution in [0.4, 0.5) is 0 Å². The highest BCUT2D eigenvalue weighted by Crippen LogP contribution is 2.28. The van der Waals surface area contributed by atoms with Crippen molar-refractivity contribution in [3.8, 4) is 0 Å². The molecule has 1 aliphatic carbocycles. The highest BCUT2D eigenvalue weighted by atomic mass is 16.3. The summed E-state index contributed by atoms with van der Waals surface area (Å²) < 4.78 is 0. The van der Waals surface area contributed by atoms with Gasteiger partial charge in [-0.3, -0.25) is 0 Å². The van der Waals surface area contributed by atoms with Gasteiger partial charge in [-0.15, -0.1) is 0 Å². The van der Waals surface area contributed by atoms with Crippen LogP contribution in [0.2, 0.25) is 0 Å². The molecule has 0 aliphatic heterocycles. The molecular weight excluding hydrogens is 244 g/mol. The van der Waals surface area contributed by atoms with Crippen LogP contribution in [0.5, 0.6) is 0 Å². The van der Waals surface area contributed by atoms with Crippen LogP contribution in [-0.4, -0.2) is 11.2 Å². The Morgan fingerprint density at radius 2 is 1.85 bits per heavy atom. The lowest BCUT2D eigenvalue weighted by Crippen LogP contribution is -2.18. The molecule has 112 valence electrons. The molecule has 2 rings (SSSR count). The van der Waals surface area contributed by atoms with E-state index in [9.17, 15) is 5.11 Å². The number of benzene rings is 1. The van der Waals surface area contributed by atoms with Crippen molar-refractivity contribution in [2.45, 2.75) is 72.3 Å². The molecule has 0 spiro atoms. The predicted octanol–water partition coefficient (Wildman–Crippen LogP) is 4.54. The van der Waals surface area contributed by atoms with Crippen molar-refractivity contribution in [3.05, 3.63) is 34.9 Å². The minimum absolute atomic E-state index is 0.202. The summed E-state index contributed by atoms with van der Waals surface area (Å²) in [6, 6.07) is 6.80. The van der Waals surface area contributed by atoms with E-state index in [0.717, 1.165) is 12.8 Å². The van der Waals surface area contributed by atoms with E-state index in [2.05, 4.69) is 45.9 Å². The molecule has 0 amide bonds. The standard InChI is InChI=1S/C19H30O/c1-14(13-19(2,3)4)10-18(20)12-15-8-9-16-6-5-7-17(16)11-15/h8-9,11,14,18,20H,5-7,10,12-13H2,1-4H3. The number of aliphatic hydroxyl groups is 1. The Bertz CT molecular complexity index is 442. The minimum atomic E-state index is -0.202. The van der Waals surface area contributed by atoms with E-state index in [-0.39, 0.29) is 6.10 Å². The molecule has 2 unspecified atom stereocenters. The number of aliphatic hydroxyl groups excluding tert-OH is 1. The molecule has 20 heavy (non-hydrogen) atoms. The molecule has 1 aromatic carbocycles. The Kier molecular flexibility index (Phi) is 4.90. The number of rotatable bonds is 5. The van der Waals surface area contributed by atoms with Crippen LogP contribution in [-0.2, 0) is 19.3 Å². The van der Waals surface area contributed by atoms with Crippen LogP contribution < -0.4 is 0 Å². The highest BCUT2D eigenvalue weighted by molar-refractivity contribution is 5.35. The molecule has 1 N–H and O–H groups in total. The third-order valence-electron chi connectivity index (χ3n) is 4.27. The second kappa shape index (κ2) is 6.30. The van der Waals surface area contributed by atoms with E-state index >= 15 is 0 Å². The van der Waals surface area contributed by atoms with Crippen LogP contribution in [0.25, 0.3) is 0 Å². The van der Waals surface area contributed by atoms with E-state index in [4.69, 9.17) is 0 Å². The van der Waals surface area contributed by atoms with Gasteiger partial charge in [-0.1, -0.05) is 45.9 Å². The maximum absolute atomic E-state index is 10.3. The van der Waals surface area contributed by atoms with Crippen molar-refractivity contribution in [2.24, 2.45) is 11.3 Å². The topological polar surface area (TPSA) is 20.2 Å². The maximum Gasteiger partial charge on any atom is 0.0583 e. The average molecular weight is 274 g/mol. The third-order valence-corrected chi connectivity index (χ3v) is 4.27. The van der Waals surface area contributed by atoms with E-state index in [1.54, 1.807) is 0 Å². The zero-order valence-corrected chi connectivity index (χ0v) is 13.6. The van der Waals surface area contributed by atoms with Gasteiger partial charge in [0.1, 0.15) is 0 Å². The van der Waals surface area contributed by atoms with E-state index in [0.29, 0.717) is 11.3 Å². The molecule has 1 heteroatoms.